The molecule has 0 saturated heterocycles. The number of carbonyl (C=O) groups is 1. The molecular weight excluding hydrogens is 324 g/mol. The normalized spacial score (nSPS) is 10.0. The second-order valence-electron chi connectivity index (χ2n) is 5.92. The van der Waals surface area contributed by atoms with Crippen LogP contribution in [0.4, 0.5) is 11.4 Å². The lowest BCUT2D eigenvalue weighted by molar-refractivity contribution is 0.102. The van der Waals surface area contributed by atoms with Gasteiger partial charge in [0.2, 0.25) is 0 Å². The van der Waals surface area contributed by atoms with E-state index in [1.807, 2.05) is 18.2 Å². The summed E-state index contributed by atoms with van der Waals surface area (Å²) < 4.78 is 0. The summed E-state index contributed by atoms with van der Waals surface area (Å²) in [6.07, 6.45) is 1.60. The number of aryl methyl sites for hydroxylation is 1. The van der Waals surface area contributed by atoms with Crippen LogP contribution in [0.25, 0.3) is 0 Å². The van der Waals surface area contributed by atoms with Crippen LogP contribution in [0.3, 0.4) is 0 Å². The van der Waals surface area contributed by atoms with Crippen LogP contribution in [-0.4, -0.2) is 10.9 Å². The number of pyridine rings is 1. The molecule has 0 radical (unpaired) electrons. The Hall–Kier alpha value is -3.65. The van der Waals surface area contributed by atoms with Gasteiger partial charge in [-0.2, -0.15) is 5.26 Å². The van der Waals surface area contributed by atoms with E-state index in [0.29, 0.717) is 23.5 Å². The van der Waals surface area contributed by atoms with E-state index in [9.17, 15) is 4.79 Å². The number of aromatic nitrogens is 1. The van der Waals surface area contributed by atoms with Crippen LogP contribution in [0, 0.1) is 18.3 Å². The van der Waals surface area contributed by atoms with Crippen molar-refractivity contribution < 1.29 is 4.79 Å². The number of carbonyl (C=O) groups excluding carboxylic acids is 1. The fourth-order valence-electron chi connectivity index (χ4n) is 2.55. The summed E-state index contributed by atoms with van der Waals surface area (Å²) in [6.45, 7) is 2.72. The van der Waals surface area contributed by atoms with E-state index < -0.39 is 0 Å². The van der Waals surface area contributed by atoms with E-state index in [2.05, 4.69) is 40.7 Å². The molecule has 1 aromatic heterocycles. The fraction of sp³-hybridized carbons (Fsp3) is 0.0952. The molecule has 2 N–H and O–H groups in total. The van der Waals surface area contributed by atoms with Crippen LogP contribution in [0.2, 0.25) is 0 Å². The standard InChI is InChI=1S/C21H18N4O/c1-15-4-2-6-17(10-15)14-24-18-8-9-23-20(12-18)21(26)25-19-7-3-5-16(11-19)13-22/h2-12H,14H2,1H3,(H,23,24)(H,25,26). The Labute approximate surface area is 152 Å². The van der Waals surface area contributed by atoms with Crippen molar-refractivity contribution in [2.24, 2.45) is 0 Å². The lowest BCUT2D eigenvalue weighted by Gasteiger charge is -2.09. The maximum atomic E-state index is 12.4. The zero-order chi connectivity index (χ0) is 18.4. The molecule has 1 heterocycles. The Bertz CT molecular complexity index is 975. The van der Waals surface area contributed by atoms with Crippen LogP contribution < -0.4 is 10.6 Å². The Balaban J connectivity index is 1.68. The zero-order valence-corrected chi connectivity index (χ0v) is 14.4. The highest BCUT2D eigenvalue weighted by atomic mass is 16.1. The van der Waals surface area contributed by atoms with Gasteiger partial charge in [0.05, 0.1) is 11.6 Å². The number of nitrogens with zero attached hydrogens (tertiary/aromatic N) is 2. The predicted octanol–water partition coefficient (Wildman–Crippen LogP) is 4.13. The van der Waals surface area contributed by atoms with Crippen molar-refractivity contribution in [1.29, 1.82) is 5.26 Å². The van der Waals surface area contributed by atoms with Gasteiger partial charge in [-0.15, -0.1) is 0 Å². The van der Waals surface area contributed by atoms with E-state index >= 15 is 0 Å². The fourth-order valence-corrected chi connectivity index (χ4v) is 2.55. The molecule has 0 fully saturated rings. The zero-order valence-electron chi connectivity index (χ0n) is 14.4. The van der Waals surface area contributed by atoms with E-state index in [1.165, 1.54) is 11.1 Å². The summed E-state index contributed by atoms with van der Waals surface area (Å²) in [7, 11) is 0. The van der Waals surface area contributed by atoms with Crippen molar-refractivity contribution in [3.8, 4) is 6.07 Å². The monoisotopic (exact) mass is 342 g/mol. The van der Waals surface area contributed by atoms with Crippen molar-refractivity contribution in [2.45, 2.75) is 13.5 Å². The first-order valence-corrected chi connectivity index (χ1v) is 8.21. The van der Waals surface area contributed by atoms with E-state index in [-0.39, 0.29) is 5.91 Å². The molecule has 26 heavy (non-hydrogen) atoms. The molecule has 128 valence electrons. The second-order valence-corrected chi connectivity index (χ2v) is 5.92. The van der Waals surface area contributed by atoms with Gasteiger partial charge < -0.3 is 10.6 Å². The summed E-state index contributed by atoms with van der Waals surface area (Å²) in [6, 6.07) is 20.6. The predicted molar refractivity (Wildman–Crippen MR) is 102 cm³/mol. The molecule has 2 aromatic carbocycles. The van der Waals surface area contributed by atoms with Gasteiger partial charge >= 0.3 is 0 Å². The largest absolute Gasteiger partial charge is 0.381 e. The van der Waals surface area contributed by atoms with Gasteiger partial charge in [-0.05, 0) is 42.8 Å². The summed E-state index contributed by atoms with van der Waals surface area (Å²) in [5.41, 5.74) is 4.55. The highest BCUT2D eigenvalue weighted by Gasteiger charge is 2.09. The first kappa shape index (κ1) is 17.2. The first-order chi connectivity index (χ1) is 12.6. The van der Waals surface area contributed by atoms with Crippen LogP contribution in [0.5, 0.6) is 0 Å². The van der Waals surface area contributed by atoms with Crippen LogP contribution in [0.15, 0.2) is 66.9 Å². The highest BCUT2D eigenvalue weighted by Crippen LogP contribution is 2.14. The van der Waals surface area contributed by atoms with Crippen molar-refractivity contribution >= 4 is 17.3 Å². The van der Waals surface area contributed by atoms with Crippen LogP contribution in [0.1, 0.15) is 27.2 Å². The van der Waals surface area contributed by atoms with Gasteiger partial charge in [-0.3, -0.25) is 9.78 Å². The van der Waals surface area contributed by atoms with E-state index in [4.69, 9.17) is 5.26 Å². The minimum atomic E-state index is -0.320. The van der Waals surface area contributed by atoms with Gasteiger partial charge in [0.25, 0.3) is 5.91 Å². The topological polar surface area (TPSA) is 77.8 Å². The van der Waals surface area contributed by atoms with Gasteiger partial charge in [0, 0.05) is 24.1 Å². The molecule has 0 saturated carbocycles. The average molecular weight is 342 g/mol. The van der Waals surface area contributed by atoms with Crippen LogP contribution >= 0.6 is 0 Å². The first-order valence-electron chi connectivity index (χ1n) is 8.21. The summed E-state index contributed by atoms with van der Waals surface area (Å²) in [5.74, 6) is -0.320. The molecule has 0 bridgehead atoms. The minimum Gasteiger partial charge on any atom is -0.381 e. The average Bonchev–Trinajstić information content (AvgIpc) is 2.67. The van der Waals surface area contributed by atoms with Gasteiger partial charge in [0.15, 0.2) is 0 Å². The van der Waals surface area contributed by atoms with E-state index in [1.54, 1.807) is 36.5 Å². The van der Waals surface area contributed by atoms with Crippen molar-refractivity contribution in [3.63, 3.8) is 0 Å². The van der Waals surface area contributed by atoms with Crippen LogP contribution in [-0.2, 0) is 6.54 Å². The Morgan fingerprint density at radius 2 is 1.92 bits per heavy atom. The van der Waals surface area contributed by atoms with Gasteiger partial charge in [-0.1, -0.05) is 35.9 Å². The number of nitrogens with one attached hydrogen (secondary N) is 2. The molecule has 5 heteroatoms. The number of rotatable bonds is 5. The molecule has 1 amide bonds. The molecule has 5 nitrogen and oxygen atoms in total. The second kappa shape index (κ2) is 7.95. The number of amides is 1. The lowest BCUT2D eigenvalue weighted by Crippen LogP contribution is -2.14. The Morgan fingerprint density at radius 3 is 2.73 bits per heavy atom. The highest BCUT2D eigenvalue weighted by molar-refractivity contribution is 6.03. The smallest absolute Gasteiger partial charge is 0.274 e. The quantitative estimate of drug-likeness (QED) is 0.731. The summed E-state index contributed by atoms with van der Waals surface area (Å²) in [5, 5.41) is 15.0. The molecular formula is C21H18N4O. The molecule has 0 aliphatic rings. The molecule has 0 spiro atoms. The number of hydrogen-bond acceptors (Lipinski definition) is 4. The van der Waals surface area contributed by atoms with Crippen molar-refractivity contribution in [1.82, 2.24) is 4.98 Å². The Morgan fingerprint density at radius 1 is 1.08 bits per heavy atom. The lowest BCUT2D eigenvalue weighted by atomic mass is 10.1. The summed E-state index contributed by atoms with van der Waals surface area (Å²) >= 11 is 0. The molecule has 3 aromatic rings. The molecule has 0 unspecified atom stereocenters. The molecule has 0 atom stereocenters. The molecule has 0 aliphatic carbocycles. The maximum Gasteiger partial charge on any atom is 0.274 e. The number of hydrogen-bond donors (Lipinski definition) is 2. The third-order valence-electron chi connectivity index (χ3n) is 3.82. The summed E-state index contributed by atoms with van der Waals surface area (Å²) in [4.78, 5) is 16.5. The van der Waals surface area contributed by atoms with Gasteiger partial charge in [-0.25, -0.2) is 0 Å². The van der Waals surface area contributed by atoms with Crippen molar-refractivity contribution in [2.75, 3.05) is 10.6 Å². The third-order valence-corrected chi connectivity index (χ3v) is 3.82. The Kier molecular flexibility index (Phi) is 5.25. The van der Waals surface area contributed by atoms with Crippen molar-refractivity contribution in [3.05, 3.63) is 89.2 Å². The number of nitriles is 1. The molecule has 3 rings (SSSR count). The maximum absolute atomic E-state index is 12.4. The SMILES string of the molecule is Cc1cccc(CNc2ccnc(C(=O)Nc3cccc(C#N)c3)c2)c1. The third kappa shape index (κ3) is 4.46. The van der Waals surface area contributed by atoms with Gasteiger partial charge in [0.1, 0.15) is 5.69 Å². The van der Waals surface area contributed by atoms with E-state index in [0.717, 1.165) is 5.69 Å². The minimum absolute atomic E-state index is 0.307. The number of anilines is 2. The number of benzene rings is 2. The molecule has 0 aliphatic heterocycles.